The third-order valence-corrected chi connectivity index (χ3v) is 10.2. The largest absolute Gasteiger partial charge is 0.508 e. The van der Waals surface area contributed by atoms with Crippen LogP contribution in [0.25, 0.3) is 32.8 Å². The SMILES string of the molecule is C#Cc1c(F)ccc2cc(O)cc(-c3ccc4c(N5C[C@H]6CC[C@@H](C5)N6)c(F)c(OC[C@@]56CCCN5C[C@H](F)C6)nc4c3F)c12. The lowest BCUT2D eigenvalue weighted by atomic mass is 9.92. The molecule has 4 aliphatic heterocycles. The van der Waals surface area contributed by atoms with Crippen molar-refractivity contribution in [1.29, 1.82) is 0 Å². The Morgan fingerprint density at radius 2 is 1.84 bits per heavy atom. The first-order chi connectivity index (χ1) is 21.7. The van der Waals surface area contributed by atoms with Gasteiger partial charge in [-0.25, -0.2) is 18.2 Å². The van der Waals surface area contributed by atoms with Crippen molar-refractivity contribution in [1.82, 2.24) is 15.2 Å². The van der Waals surface area contributed by atoms with Crippen molar-refractivity contribution in [2.75, 3.05) is 37.7 Å². The fourth-order valence-corrected chi connectivity index (χ4v) is 8.26. The second kappa shape index (κ2) is 10.5. The van der Waals surface area contributed by atoms with Crippen molar-refractivity contribution in [2.24, 2.45) is 0 Å². The van der Waals surface area contributed by atoms with Crippen LogP contribution in [0.3, 0.4) is 0 Å². The van der Waals surface area contributed by atoms with E-state index >= 15 is 8.78 Å². The molecule has 3 aromatic carbocycles. The second-order valence-electron chi connectivity index (χ2n) is 13.0. The summed E-state index contributed by atoms with van der Waals surface area (Å²) in [5, 5.41) is 15.1. The van der Waals surface area contributed by atoms with Gasteiger partial charge in [0.15, 0.2) is 5.82 Å². The van der Waals surface area contributed by atoms with Gasteiger partial charge in [0, 0.05) is 54.5 Å². The van der Waals surface area contributed by atoms with E-state index in [0.717, 1.165) is 32.2 Å². The number of hydrogen-bond donors (Lipinski definition) is 2. The van der Waals surface area contributed by atoms with Gasteiger partial charge in [-0.1, -0.05) is 18.1 Å². The van der Waals surface area contributed by atoms with E-state index in [2.05, 4.69) is 21.1 Å². The quantitative estimate of drug-likeness (QED) is 0.210. The molecule has 8 rings (SSSR count). The van der Waals surface area contributed by atoms with Crippen LogP contribution in [0.15, 0.2) is 36.4 Å². The molecule has 0 radical (unpaired) electrons. The molecule has 2 N–H and O–H groups in total. The number of terminal acetylenes is 1. The first-order valence-electron chi connectivity index (χ1n) is 15.5. The number of halogens is 4. The molecule has 0 amide bonds. The Bertz CT molecular complexity index is 1900. The van der Waals surface area contributed by atoms with Crippen molar-refractivity contribution in [3.8, 4) is 35.1 Å². The van der Waals surface area contributed by atoms with Crippen LogP contribution in [0, 0.1) is 29.8 Å². The minimum atomic E-state index is -0.981. The number of fused-ring (bicyclic) bond motifs is 5. The molecule has 0 aliphatic carbocycles. The van der Waals surface area contributed by atoms with Crippen LogP contribution in [-0.4, -0.2) is 71.6 Å². The van der Waals surface area contributed by atoms with Crippen LogP contribution in [0.1, 0.15) is 37.7 Å². The van der Waals surface area contributed by atoms with Crippen LogP contribution >= 0.6 is 0 Å². The lowest BCUT2D eigenvalue weighted by Gasteiger charge is -2.36. The van der Waals surface area contributed by atoms with Crippen molar-refractivity contribution in [3.05, 3.63) is 59.4 Å². The zero-order chi connectivity index (χ0) is 31.0. The van der Waals surface area contributed by atoms with Crippen molar-refractivity contribution >= 4 is 27.4 Å². The molecule has 0 saturated carbocycles. The molecule has 0 unspecified atom stereocenters. The molecule has 4 saturated heterocycles. The molecule has 4 aliphatic rings. The number of phenolic OH excluding ortho intramolecular Hbond substituents is 1. The minimum Gasteiger partial charge on any atom is -0.508 e. The molecule has 4 fully saturated rings. The van der Waals surface area contributed by atoms with Gasteiger partial charge in [0.1, 0.15) is 29.9 Å². The summed E-state index contributed by atoms with van der Waals surface area (Å²) in [5.41, 5.74) is -0.293. The van der Waals surface area contributed by atoms with Gasteiger partial charge < -0.3 is 20.1 Å². The summed E-state index contributed by atoms with van der Waals surface area (Å²) in [6.07, 6.45) is 8.55. The summed E-state index contributed by atoms with van der Waals surface area (Å²) in [6, 6.07) is 8.92. The number of aromatic nitrogens is 1. The molecular weight excluding hydrogens is 584 g/mol. The van der Waals surface area contributed by atoms with E-state index in [1.807, 2.05) is 4.90 Å². The third-order valence-electron chi connectivity index (χ3n) is 10.2. The van der Waals surface area contributed by atoms with E-state index in [0.29, 0.717) is 31.4 Å². The van der Waals surface area contributed by atoms with Gasteiger partial charge in [0.2, 0.25) is 5.82 Å². The molecule has 5 heterocycles. The number of rotatable bonds is 5. The van der Waals surface area contributed by atoms with E-state index in [1.165, 1.54) is 30.3 Å². The molecule has 1 aromatic heterocycles. The number of nitrogens with zero attached hydrogens (tertiary/aromatic N) is 3. The highest BCUT2D eigenvalue weighted by Crippen LogP contribution is 2.44. The molecule has 4 atom stereocenters. The maximum absolute atomic E-state index is 16.8. The maximum atomic E-state index is 16.8. The molecule has 2 bridgehead atoms. The number of aromatic hydroxyl groups is 1. The monoisotopic (exact) mass is 616 g/mol. The fourth-order valence-electron chi connectivity index (χ4n) is 8.26. The number of piperazine rings is 1. The van der Waals surface area contributed by atoms with E-state index in [-0.39, 0.29) is 69.0 Å². The molecule has 232 valence electrons. The van der Waals surface area contributed by atoms with Gasteiger partial charge in [-0.15, -0.1) is 6.42 Å². The fraction of sp³-hybridized carbons (Fsp3) is 0.400. The highest BCUT2D eigenvalue weighted by Gasteiger charge is 2.49. The Kier molecular flexibility index (Phi) is 6.63. The summed E-state index contributed by atoms with van der Waals surface area (Å²) >= 11 is 0. The number of alkyl halides is 1. The van der Waals surface area contributed by atoms with Gasteiger partial charge in [-0.05, 0) is 67.4 Å². The van der Waals surface area contributed by atoms with Crippen LogP contribution in [0.2, 0.25) is 0 Å². The first kappa shape index (κ1) is 28.4. The van der Waals surface area contributed by atoms with E-state index in [1.54, 1.807) is 6.07 Å². The number of benzene rings is 3. The number of hydrogen-bond acceptors (Lipinski definition) is 6. The summed E-state index contributed by atoms with van der Waals surface area (Å²) in [6.45, 7) is 2.19. The van der Waals surface area contributed by atoms with Crippen molar-refractivity contribution < 1.29 is 27.4 Å². The molecule has 45 heavy (non-hydrogen) atoms. The van der Waals surface area contributed by atoms with Gasteiger partial charge in [-0.3, -0.25) is 4.90 Å². The minimum absolute atomic E-state index is 0.0264. The van der Waals surface area contributed by atoms with E-state index < -0.39 is 29.2 Å². The third kappa shape index (κ3) is 4.50. The maximum Gasteiger partial charge on any atom is 0.253 e. The molecule has 0 spiro atoms. The molecule has 6 nitrogen and oxygen atoms in total. The normalized spacial score (nSPS) is 26.1. The smallest absolute Gasteiger partial charge is 0.253 e. The topological polar surface area (TPSA) is 60.9 Å². The van der Waals surface area contributed by atoms with E-state index in [4.69, 9.17) is 11.2 Å². The van der Waals surface area contributed by atoms with Crippen LogP contribution < -0.4 is 15.0 Å². The standard InChI is InChI=1S/C35H32F4N4O2/c1-2-24-28(37)9-4-19-12-23(44)13-27(29(19)24)25-7-8-26-32(30(25)38)41-34(45-18-35-10-3-11-43(35)15-20(36)14-35)31(39)33(26)42-16-21-5-6-22(17-42)40-21/h1,4,7-9,12-13,20-22,40,44H,3,5-6,10-11,14-18H2/t20-,21-,22+,35+/m1/s1. The Hall–Kier alpha value is -4.07. The van der Waals surface area contributed by atoms with E-state index in [9.17, 15) is 13.9 Å². The van der Waals surface area contributed by atoms with Gasteiger partial charge in [0.25, 0.3) is 5.88 Å². The van der Waals surface area contributed by atoms with Gasteiger partial charge in [-0.2, -0.15) is 4.39 Å². The Balaban J connectivity index is 1.30. The molecule has 4 aromatic rings. The second-order valence-corrected chi connectivity index (χ2v) is 13.0. The van der Waals surface area contributed by atoms with Crippen LogP contribution in [0.4, 0.5) is 23.2 Å². The van der Waals surface area contributed by atoms with Crippen LogP contribution in [0.5, 0.6) is 11.6 Å². The summed E-state index contributed by atoms with van der Waals surface area (Å²) in [5.74, 6) is -0.218. The predicted octanol–water partition coefficient (Wildman–Crippen LogP) is 6.06. The molecule has 10 heteroatoms. The predicted molar refractivity (Wildman–Crippen MR) is 165 cm³/mol. The lowest BCUT2D eigenvalue weighted by Crippen LogP contribution is -2.51. The van der Waals surface area contributed by atoms with Crippen molar-refractivity contribution in [3.63, 3.8) is 0 Å². The summed E-state index contributed by atoms with van der Waals surface area (Å²) in [4.78, 5) is 8.43. The lowest BCUT2D eigenvalue weighted by molar-refractivity contribution is 0.108. The van der Waals surface area contributed by atoms with Gasteiger partial charge >= 0.3 is 0 Å². The number of ether oxygens (including phenoxy) is 1. The van der Waals surface area contributed by atoms with Crippen LogP contribution in [-0.2, 0) is 0 Å². The molecular formula is C35H32F4N4O2. The number of pyridine rings is 1. The highest BCUT2D eigenvalue weighted by molar-refractivity contribution is 6.04. The number of nitrogens with one attached hydrogen (secondary N) is 1. The van der Waals surface area contributed by atoms with Gasteiger partial charge in [0.05, 0.1) is 16.8 Å². The Morgan fingerprint density at radius 1 is 1.04 bits per heavy atom. The summed E-state index contributed by atoms with van der Waals surface area (Å²) < 4.78 is 68.8. The number of phenols is 1. The zero-order valence-corrected chi connectivity index (χ0v) is 24.6. The highest BCUT2D eigenvalue weighted by atomic mass is 19.1. The first-order valence-corrected chi connectivity index (χ1v) is 15.5. The number of anilines is 1. The Morgan fingerprint density at radius 3 is 2.62 bits per heavy atom. The Labute approximate surface area is 258 Å². The van der Waals surface area contributed by atoms with Crippen molar-refractivity contribution in [2.45, 2.75) is 55.9 Å². The average Bonchev–Trinajstić information content (AvgIpc) is 3.66. The summed E-state index contributed by atoms with van der Waals surface area (Å²) in [7, 11) is 0. The average molecular weight is 617 g/mol. The zero-order valence-electron chi connectivity index (χ0n) is 24.6.